The molecular formula is C20H20F2N4O2. The lowest BCUT2D eigenvalue weighted by atomic mass is 9.90. The number of ether oxygens (including phenoxy) is 2. The highest BCUT2D eigenvalue weighted by atomic mass is 19.1. The second-order valence-corrected chi connectivity index (χ2v) is 7.39. The Kier molecular flexibility index (Phi) is 4.72. The number of benzene rings is 2. The van der Waals surface area contributed by atoms with Crippen LogP contribution in [0.3, 0.4) is 0 Å². The summed E-state index contributed by atoms with van der Waals surface area (Å²) in [6, 6.07) is 8.93. The SMILES string of the molecule is Cc1cc(Nc2ncn(-c3cc(F)cc(F)c3)n2)cc(OCC2(C)COC2)c1. The van der Waals surface area contributed by atoms with E-state index in [0.717, 1.165) is 23.1 Å². The van der Waals surface area contributed by atoms with Crippen LogP contribution in [0.2, 0.25) is 0 Å². The van der Waals surface area contributed by atoms with Crippen molar-refractivity contribution >= 4 is 11.6 Å². The van der Waals surface area contributed by atoms with E-state index in [2.05, 4.69) is 22.3 Å². The summed E-state index contributed by atoms with van der Waals surface area (Å²) < 4.78 is 39.3. The molecule has 28 heavy (non-hydrogen) atoms. The third-order valence-corrected chi connectivity index (χ3v) is 4.40. The molecule has 0 unspecified atom stereocenters. The van der Waals surface area contributed by atoms with Crippen LogP contribution in [0.4, 0.5) is 20.4 Å². The molecular weight excluding hydrogens is 366 g/mol. The van der Waals surface area contributed by atoms with Crippen molar-refractivity contribution in [2.75, 3.05) is 25.1 Å². The van der Waals surface area contributed by atoms with Crippen LogP contribution in [0.25, 0.3) is 5.69 Å². The van der Waals surface area contributed by atoms with Crippen molar-refractivity contribution in [3.8, 4) is 11.4 Å². The van der Waals surface area contributed by atoms with E-state index < -0.39 is 11.6 Å². The molecule has 0 bridgehead atoms. The summed E-state index contributed by atoms with van der Waals surface area (Å²) in [4.78, 5) is 4.15. The van der Waals surface area contributed by atoms with Crippen LogP contribution < -0.4 is 10.1 Å². The third kappa shape index (κ3) is 4.12. The second kappa shape index (κ2) is 7.20. The lowest BCUT2D eigenvalue weighted by Crippen LogP contribution is -2.44. The molecule has 1 saturated heterocycles. The zero-order chi connectivity index (χ0) is 19.7. The van der Waals surface area contributed by atoms with Gasteiger partial charge >= 0.3 is 0 Å². The Labute approximate surface area is 161 Å². The number of nitrogens with zero attached hydrogens (tertiary/aromatic N) is 3. The molecule has 4 rings (SSSR count). The van der Waals surface area contributed by atoms with Crippen molar-refractivity contribution in [2.24, 2.45) is 5.41 Å². The third-order valence-electron chi connectivity index (χ3n) is 4.40. The van der Waals surface area contributed by atoms with Gasteiger partial charge in [-0.05, 0) is 36.8 Å². The van der Waals surface area contributed by atoms with Gasteiger partial charge in [0.15, 0.2) is 0 Å². The Morgan fingerprint density at radius 1 is 1.14 bits per heavy atom. The Bertz CT molecular complexity index is 981. The minimum atomic E-state index is -0.675. The molecule has 1 N–H and O–H groups in total. The molecule has 0 atom stereocenters. The van der Waals surface area contributed by atoms with Gasteiger partial charge in [0.2, 0.25) is 5.95 Å². The average Bonchev–Trinajstić information content (AvgIpc) is 3.05. The molecule has 0 spiro atoms. The summed E-state index contributed by atoms with van der Waals surface area (Å²) in [6.07, 6.45) is 1.39. The van der Waals surface area contributed by atoms with Crippen LogP contribution >= 0.6 is 0 Å². The van der Waals surface area contributed by atoms with Crippen molar-refractivity contribution in [2.45, 2.75) is 13.8 Å². The van der Waals surface area contributed by atoms with E-state index in [-0.39, 0.29) is 11.1 Å². The summed E-state index contributed by atoms with van der Waals surface area (Å²) in [6.45, 7) is 6.07. The molecule has 2 heterocycles. The first-order valence-electron chi connectivity index (χ1n) is 8.86. The fraction of sp³-hybridized carbons (Fsp3) is 0.300. The van der Waals surface area contributed by atoms with Crippen molar-refractivity contribution in [3.05, 3.63) is 59.9 Å². The van der Waals surface area contributed by atoms with E-state index in [0.29, 0.717) is 25.8 Å². The number of rotatable bonds is 6. The molecule has 0 saturated carbocycles. The number of nitrogens with one attached hydrogen (secondary N) is 1. The van der Waals surface area contributed by atoms with E-state index in [4.69, 9.17) is 9.47 Å². The van der Waals surface area contributed by atoms with Crippen LogP contribution in [-0.4, -0.2) is 34.6 Å². The molecule has 0 amide bonds. The average molecular weight is 386 g/mol. The molecule has 1 fully saturated rings. The van der Waals surface area contributed by atoms with Crippen LogP contribution in [0.15, 0.2) is 42.7 Å². The predicted molar refractivity (Wildman–Crippen MR) is 100 cm³/mol. The normalized spacial score (nSPS) is 15.1. The van der Waals surface area contributed by atoms with Gasteiger partial charge in [0.05, 0.1) is 25.5 Å². The fourth-order valence-corrected chi connectivity index (χ4v) is 2.94. The minimum absolute atomic E-state index is 0.0535. The number of aromatic nitrogens is 3. The highest BCUT2D eigenvalue weighted by Crippen LogP contribution is 2.29. The molecule has 0 aliphatic carbocycles. The summed E-state index contributed by atoms with van der Waals surface area (Å²) in [5.74, 6) is -0.306. The van der Waals surface area contributed by atoms with Crippen LogP contribution in [-0.2, 0) is 4.74 Å². The highest BCUT2D eigenvalue weighted by Gasteiger charge is 2.34. The minimum Gasteiger partial charge on any atom is -0.493 e. The summed E-state index contributed by atoms with van der Waals surface area (Å²) in [5, 5.41) is 7.32. The van der Waals surface area contributed by atoms with E-state index in [1.165, 1.54) is 23.1 Å². The smallest absolute Gasteiger partial charge is 0.246 e. The first-order valence-corrected chi connectivity index (χ1v) is 8.86. The Balaban J connectivity index is 1.49. The van der Waals surface area contributed by atoms with Crippen LogP contribution in [0.5, 0.6) is 5.75 Å². The maximum atomic E-state index is 13.4. The zero-order valence-corrected chi connectivity index (χ0v) is 15.6. The quantitative estimate of drug-likeness (QED) is 0.694. The molecule has 8 heteroatoms. The summed E-state index contributed by atoms with van der Waals surface area (Å²) in [7, 11) is 0. The van der Waals surface area contributed by atoms with Gasteiger partial charge in [-0.25, -0.2) is 13.5 Å². The molecule has 146 valence electrons. The number of aryl methyl sites for hydroxylation is 1. The van der Waals surface area contributed by atoms with E-state index in [1.54, 1.807) is 0 Å². The first-order chi connectivity index (χ1) is 13.4. The number of halogens is 2. The van der Waals surface area contributed by atoms with Gasteiger partial charge in [0, 0.05) is 23.2 Å². The van der Waals surface area contributed by atoms with Gasteiger partial charge < -0.3 is 14.8 Å². The molecule has 0 radical (unpaired) electrons. The molecule has 6 nitrogen and oxygen atoms in total. The number of hydrogen-bond donors (Lipinski definition) is 1. The van der Waals surface area contributed by atoms with Gasteiger partial charge in [-0.3, -0.25) is 0 Å². The number of hydrogen-bond acceptors (Lipinski definition) is 5. The Hall–Kier alpha value is -3.00. The topological polar surface area (TPSA) is 61.2 Å². The molecule has 1 aromatic heterocycles. The van der Waals surface area contributed by atoms with Gasteiger partial charge in [0.25, 0.3) is 0 Å². The van der Waals surface area contributed by atoms with E-state index in [9.17, 15) is 8.78 Å². The van der Waals surface area contributed by atoms with Crippen LogP contribution in [0.1, 0.15) is 12.5 Å². The zero-order valence-electron chi connectivity index (χ0n) is 15.6. The fourth-order valence-electron chi connectivity index (χ4n) is 2.94. The lowest BCUT2D eigenvalue weighted by Gasteiger charge is -2.37. The molecule has 1 aliphatic rings. The van der Waals surface area contributed by atoms with Gasteiger partial charge in [-0.2, -0.15) is 4.98 Å². The first kappa shape index (κ1) is 18.4. The molecule has 1 aliphatic heterocycles. The van der Waals surface area contributed by atoms with Crippen molar-refractivity contribution < 1.29 is 18.3 Å². The standard InChI is InChI=1S/C20H20F2N4O2/c1-13-3-16(8-18(4-13)28-11-20(2)9-27-10-20)24-19-23-12-26(25-19)17-6-14(21)5-15(22)7-17/h3-8,12H,9-11H2,1-2H3,(H,24,25). The van der Waals surface area contributed by atoms with Crippen LogP contribution in [0, 0.1) is 24.0 Å². The summed E-state index contributed by atoms with van der Waals surface area (Å²) in [5.41, 5.74) is 2.08. The number of anilines is 2. The maximum Gasteiger partial charge on any atom is 0.246 e. The second-order valence-electron chi connectivity index (χ2n) is 7.39. The highest BCUT2D eigenvalue weighted by molar-refractivity contribution is 5.57. The van der Waals surface area contributed by atoms with E-state index in [1.807, 2.05) is 25.1 Å². The lowest BCUT2D eigenvalue weighted by molar-refractivity contribution is -0.120. The Morgan fingerprint density at radius 3 is 2.57 bits per heavy atom. The monoisotopic (exact) mass is 386 g/mol. The van der Waals surface area contributed by atoms with Gasteiger partial charge in [-0.15, -0.1) is 5.10 Å². The molecule has 3 aromatic rings. The Morgan fingerprint density at radius 2 is 1.89 bits per heavy atom. The van der Waals surface area contributed by atoms with Gasteiger partial charge in [0.1, 0.15) is 23.7 Å². The van der Waals surface area contributed by atoms with Gasteiger partial charge in [-0.1, -0.05) is 6.92 Å². The maximum absolute atomic E-state index is 13.4. The summed E-state index contributed by atoms with van der Waals surface area (Å²) >= 11 is 0. The predicted octanol–water partition coefficient (Wildman–Crippen LogP) is 4.01. The van der Waals surface area contributed by atoms with Crippen molar-refractivity contribution in [3.63, 3.8) is 0 Å². The molecule has 2 aromatic carbocycles. The van der Waals surface area contributed by atoms with E-state index >= 15 is 0 Å². The largest absolute Gasteiger partial charge is 0.493 e. The van der Waals surface area contributed by atoms with Crippen molar-refractivity contribution in [1.82, 2.24) is 14.8 Å². The van der Waals surface area contributed by atoms with Crippen molar-refractivity contribution in [1.29, 1.82) is 0 Å².